The number of anilines is 1. The molecule has 0 spiro atoms. The van der Waals surface area contributed by atoms with E-state index in [0.717, 1.165) is 33.7 Å². The summed E-state index contributed by atoms with van der Waals surface area (Å²) in [5.41, 5.74) is 5.43. The number of nitrogens with zero attached hydrogens (tertiary/aromatic N) is 1. The maximum absolute atomic E-state index is 12.8. The smallest absolute Gasteiger partial charge is 0.343 e. The number of carbonyl (C=O) groups excluding carboxylic acids is 2. The summed E-state index contributed by atoms with van der Waals surface area (Å²) < 4.78 is 11.2. The van der Waals surface area contributed by atoms with E-state index in [-0.39, 0.29) is 11.9 Å². The summed E-state index contributed by atoms with van der Waals surface area (Å²) in [6.07, 6.45) is 0. The van der Waals surface area contributed by atoms with Crippen LogP contribution in [-0.2, 0) is 4.79 Å². The summed E-state index contributed by atoms with van der Waals surface area (Å²) >= 11 is 0. The fourth-order valence-electron chi connectivity index (χ4n) is 3.88. The average Bonchev–Trinajstić information content (AvgIpc) is 2.80. The maximum Gasteiger partial charge on any atom is 0.343 e. The van der Waals surface area contributed by atoms with Gasteiger partial charge >= 0.3 is 5.97 Å². The van der Waals surface area contributed by atoms with Gasteiger partial charge in [0, 0.05) is 17.3 Å². The molecule has 3 aromatic carbocycles. The first-order valence-electron chi connectivity index (χ1n) is 10.4. The summed E-state index contributed by atoms with van der Waals surface area (Å²) in [7, 11) is 1.62. The second-order valence-corrected chi connectivity index (χ2v) is 7.97. The van der Waals surface area contributed by atoms with Crippen LogP contribution in [0.15, 0.2) is 72.8 Å². The second-order valence-electron chi connectivity index (χ2n) is 7.97. The Morgan fingerprint density at radius 1 is 0.938 bits per heavy atom. The summed E-state index contributed by atoms with van der Waals surface area (Å²) in [4.78, 5) is 27.0. The summed E-state index contributed by atoms with van der Waals surface area (Å²) in [5, 5.41) is 0. The number of esters is 1. The molecule has 1 saturated heterocycles. The zero-order valence-electron chi connectivity index (χ0n) is 18.6. The van der Waals surface area contributed by atoms with Gasteiger partial charge in [-0.25, -0.2) is 4.79 Å². The van der Waals surface area contributed by atoms with Crippen LogP contribution in [0.4, 0.5) is 5.69 Å². The molecule has 32 heavy (non-hydrogen) atoms. The van der Waals surface area contributed by atoms with E-state index in [2.05, 4.69) is 6.58 Å². The van der Waals surface area contributed by atoms with Crippen molar-refractivity contribution in [3.63, 3.8) is 0 Å². The van der Waals surface area contributed by atoms with Crippen molar-refractivity contribution in [2.75, 3.05) is 12.0 Å². The first-order chi connectivity index (χ1) is 15.3. The molecule has 3 aromatic rings. The Labute approximate surface area is 187 Å². The van der Waals surface area contributed by atoms with Gasteiger partial charge in [-0.3, -0.25) is 9.69 Å². The number of hydrogen-bond acceptors (Lipinski definition) is 4. The fourth-order valence-corrected chi connectivity index (χ4v) is 3.88. The average molecular weight is 428 g/mol. The largest absolute Gasteiger partial charge is 0.496 e. The number of hydrogen-bond donors (Lipinski definition) is 0. The minimum absolute atomic E-state index is 0.135. The van der Waals surface area contributed by atoms with E-state index < -0.39 is 5.97 Å². The van der Waals surface area contributed by atoms with E-state index in [1.165, 1.54) is 0 Å². The van der Waals surface area contributed by atoms with Gasteiger partial charge in [0.1, 0.15) is 11.5 Å². The number of aryl methyl sites for hydroxylation is 2. The summed E-state index contributed by atoms with van der Waals surface area (Å²) in [6, 6.07) is 18.0. The number of ether oxygens (including phenoxy) is 2. The normalized spacial score (nSPS) is 15.4. The SMILES string of the molecule is C=C1C(=O)N(c2cc(C)c(C)c(OC)c2)[C@H]1c1ccc(C)c(OC(=O)c2ccccc2)c1. The van der Waals surface area contributed by atoms with Gasteiger partial charge < -0.3 is 9.47 Å². The molecule has 0 aromatic heterocycles. The van der Waals surface area contributed by atoms with Gasteiger partial charge in [-0.15, -0.1) is 0 Å². The molecule has 5 nitrogen and oxygen atoms in total. The molecule has 0 unspecified atom stereocenters. The minimum Gasteiger partial charge on any atom is -0.496 e. The van der Waals surface area contributed by atoms with Crippen LogP contribution in [-0.4, -0.2) is 19.0 Å². The third-order valence-electron chi connectivity index (χ3n) is 5.92. The van der Waals surface area contributed by atoms with Gasteiger partial charge in [-0.1, -0.05) is 36.9 Å². The Bertz CT molecular complexity index is 1230. The monoisotopic (exact) mass is 427 g/mol. The lowest BCUT2D eigenvalue weighted by Gasteiger charge is -2.43. The van der Waals surface area contributed by atoms with Crippen LogP contribution in [0.2, 0.25) is 0 Å². The van der Waals surface area contributed by atoms with E-state index in [1.54, 1.807) is 36.3 Å². The lowest BCUT2D eigenvalue weighted by atomic mass is 9.87. The number of amides is 1. The van der Waals surface area contributed by atoms with E-state index in [9.17, 15) is 9.59 Å². The predicted molar refractivity (Wildman–Crippen MR) is 124 cm³/mol. The van der Waals surface area contributed by atoms with E-state index in [1.807, 2.05) is 57.2 Å². The van der Waals surface area contributed by atoms with Crippen molar-refractivity contribution in [3.8, 4) is 11.5 Å². The number of carbonyl (C=O) groups is 2. The zero-order chi connectivity index (χ0) is 23.0. The first kappa shape index (κ1) is 21.4. The van der Waals surface area contributed by atoms with Crippen molar-refractivity contribution in [2.45, 2.75) is 26.8 Å². The van der Waals surface area contributed by atoms with Crippen LogP contribution >= 0.6 is 0 Å². The molecule has 0 N–H and O–H groups in total. The van der Waals surface area contributed by atoms with Crippen LogP contribution in [0.3, 0.4) is 0 Å². The van der Waals surface area contributed by atoms with Crippen LogP contribution in [0.5, 0.6) is 11.5 Å². The van der Waals surface area contributed by atoms with Crippen LogP contribution in [0, 0.1) is 20.8 Å². The van der Waals surface area contributed by atoms with Gasteiger partial charge in [-0.2, -0.15) is 0 Å². The lowest BCUT2D eigenvalue weighted by molar-refractivity contribution is -0.119. The molecule has 0 bridgehead atoms. The first-order valence-corrected chi connectivity index (χ1v) is 10.4. The quantitative estimate of drug-likeness (QED) is 0.234. The topological polar surface area (TPSA) is 55.8 Å². The Balaban J connectivity index is 1.68. The van der Waals surface area contributed by atoms with Crippen molar-refractivity contribution < 1.29 is 19.1 Å². The maximum atomic E-state index is 12.8. The third kappa shape index (κ3) is 3.66. The number of rotatable bonds is 5. The van der Waals surface area contributed by atoms with E-state index >= 15 is 0 Å². The van der Waals surface area contributed by atoms with Crippen LogP contribution in [0.25, 0.3) is 0 Å². The minimum atomic E-state index is -0.426. The number of benzene rings is 3. The molecule has 1 amide bonds. The molecule has 1 fully saturated rings. The van der Waals surface area contributed by atoms with Gasteiger partial charge in [0.2, 0.25) is 0 Å². The molecule has 1 aliphatic heterocycles. The Kier molecular flexibility index (Phi) is 5.57. The Morgan fingerprint density at radius 2 is 1.66 bits per heavy atom. The van der Waals surface area contributed by atoms with Crippen molar-refractivity contribution in [1.82, 2.24) is 0 Å². The highest BCUT2D eigenvalue weighted by Gasteiger charge is 2.43. The van der Waals surface area contributed by atoms with Crippen molar-refractivity contribution in [1.29, 1.82) is 0 Å². The van der Waals surface area contributed by atoms with Gasteiger partial charge in [-0.05, 0) is 67.3 Å². The third-order valence-corrected chi connectivity index (χ3v) is 5.92. The highest BCUT2D eigenvalue weighted by Crippen LogP contribution is 2.45. The van der Waals surface area contributed by atoms with Gasteiger partial charge in [0.25, 0.3) is 5.91 Å². The number of methoxy groups -OCH3 is 1. The zero-order valence-corrected chi connectivity index (χ0v) is 18.6. The Hall–Kier alpha value is -3.86. The molecule has 0 aliphatic carbocycles. The summed E-state index contributed by atoms with van der Waals surface area (Å²) in [5.74, 6) is 0.625. The fraction of sp³-hybridized carbons (Fsp3) is 0.185. The molecular weight excluding hydrogens is 402 g/mol. The van der Waals surface area contributed by atoms with Crippen LogP contribution in [0.1, 0.15) is 38.7 Å². The molecule has 1 heterocycles. The molecule has 1 atom stereocenters. The highest BCUT2D eigenvalue weighted by atomic mass is 16.5. The molecular formula is C27H25NO4. The Morgan fingerprint density at radius 3 is 2.34 bits per heavy atom. The van der Waals surface area contributed by atoms with Gasteiger partial charge in [0.15, 0.2) is 0 Å². The molecule has 5 heteroatoms. The van der Waals surface area contributed by atoms with E-state index in [4.69, 9.17) is 9.47 Å². The lowest BCUT2D eigenvalue weighted by Crippen LogP contribution is -2.48. The van der Waals surface area contributed by atoms with Crippen LogP contribution < -0.4 is 14.4 Å². The molecule has 0 radical (unpaired) electrons. The molecule has 4 rings (SSSR count). The molecule has 1 aliphatic rings. The van der Waals surface area contributed by atoms with Crippen molar-refractivity contribution >= 4 is 17.6 Å². The second kappa shape index (κ2) is 8.35. The molecule has 0 saturated carbocycles. The van der Waals surface area contributed by atoms with E-state index in [0.29, 0.717) is 16.9 Å². The predicted octanol–water partition coefficient (Wildman–Crippen LogP) is 5.48. The summed E-state index contributed by atoms with van der Waals surface area (Å²) in [6.45, 7) is 9.84. The van der Waals surface area contributed by atoms with Gasteiger partial charge in [0.05, 0.1) is 18.7 Å². The standard InChI is InChI=1S/C27H25NO4/c1-16-11-12-21(14-23(16)32-27(30)20-9-7-6-8-10-20)25-19(4)26(29)28(25)22-13-17(2)18(3)24(15-22)31-5/h6-15,25H,4H2,1-3,5H3/t25-/m1/s1. The highest BCUT2D eigenvalue weighted by molar-refractivity contribution is 6.15. The molecule has 162 valence electrons. The van der Waals surface area contributed by atoms with Crippen molar-refractivity contribution in [3.05, 3.63) is 101 Å². The van der Waals surface area contributed by atoms with Crippen molar-refractivity contribution in [2.24, 2.45) is 0 Å². The number of β-lactam (4-membered cyclic amide) rings is 1.